The Morgan fingerprint density at radius 3 is 2.73 bits per heavy atom. The molecule has 33 heavy (non-hydrogen) atoms. The molecule has 3 aromatic rings. The van der Waals surface area contributed by atoms with Crippen LogP contribution in [0.25, 0.3) is 5.57 Å². The van der Waals surface area contributed by atoms with E-state index in [9.17, 15) is 9.90 Å². The summed E-state index contributed by atoms with van der Waals surface area (Å²) in [7, 11) is 0. The summed E-state index contributed by atoms with van der Waals surface area (Å²) >= 11 is 0. The van der Waals surface area contributed by atoms with E-state index in [1.165, 1.54) is 0 Å². The predicted octanol–water partition coefficient (Wildman–Crippen LogP) is 5.35. The van der Waals surface area contributed by atoms with Crippen LogP contribution in [0.5, 0.6) is 5.75 Å². The molecule has 5 rings (SSSR count). The molecule has 5 nitrogen and oxygen atoms in total. The molecule has 0 radical (unpaired) electrons. The van der Waals surface area contributed by atoms with Crippen molar-refractivity contribution in [1.82, 2.24) is 0 Å². The van der Waals surface area contributed by atoms with Crippen molar-refractivity contribution < 1.29 is 14.6 Å². The van der Waals surface area contributed by atoms with Gasteiger partial charge in [0.05, 0.1) is 23.0 Å². The standard InChI is InChI=1S/C27H23BN2O3/c1-16-12-20-17(2)14-25(28-15-29-24-11-7-5-9-22(24)28)33-26(20)21(13-16)18(3)30-23-10-6-4-8-19(23)27(31)32/h4-15,18,30H,2H2,1,3H3,(H,31,32). The van der Waals surface area contributed by atoms with Crippen LogP contribution in [0.2, 0.25) is 0 Å². The number of aromatic carboxylic acids is 1. The number of carboxylic acids is 1. The van der Waals surface area contributed by atoms with Gasteiger partial charge in [0.25, 0.3) is 0 Å². The highest BCUT2D eigenvalue weighted by Crippen LogP contribution is 2.41. The number of carboxylic acid groups (broad SMARTS) is 1. The van der Waals surface area contributed by atoms with Crippen LogP contribution in [0.3, 0.4) is 0 Å². The van der Waals surface area contributed by atoms with Gasteiger partial charge >= 0.3 is 12.7 Å². The zero-order valence-corrected chi connectivity index (χ0v) is 18.5. The third-order valence-corrected chi connectivity index (χ3v) is 6.08. The van der Waals surface area contributed by atoms with Gasteiger partial charge in [-0.1, -0.05) is 43.0 Å². The van der Waals surface area contributed by atoms with Crippen molar-refractivity contribution in [3.05, 3.63) is 101 Å². The molecule has 162 valence electrons. The Kier molecular flexibility index (Phi) is 5.13. The summed E-state index contributed by atoms with van der Waals surface area (Å²) in [6.45, 7) is 8.26. The zero-order chi connectivity index (χ0) is 23.1. The molecule has 0 saturated heterocycles. The third kappa shape index (κ3) is 3.74. The van der Waals surface area contributed by atoms with Crippen LogP contribution in [0.1, 0.15) is 40.0 Å². The second kappa shape index (κ2) is 8.13. The van der Waals surface area contributed by atoms with Gasteiger partial charge in [0.1, 0.15) is 5.75 Å². The predicted molar refractivity (Wildman–Crippen MR) is 134 cm³/mol. The number of rotatable bonds is 5. The molecule has 2 aliphatic rings. The first kappa shape index (κ1) is 20.8. The maximum Gasteiger partial charge on any atom is 0.337 e. The molecule has 0 saturated carbocycles. The van der Waals surface area contributed by atoms with Gasteiger partial charge < -0.3 is 15.2 Å². The van der Waals surface area contributed by atoms with Gasteiger partial charge in [0.2, 0.25) is 0 Å². The lowest BCUT2D eigenvalue weighted by atomic mass is 9.45. The van der Waals surface area contributed by atoms with Crippen molar-refractivity contribution in [2.75, 3.05) is 5.32 Å². The molecule has 0 bridgehead atoms. The largest absolute Gasteiger partial charge is 0.478 e. The molecule has 0 fully saturated rings. The van der Waals surface area contributed by atoms with E-state index in [2.05, 4.69) is 35.1 Å². The molecule has 0 amide bonds. The van der Waals surface area contributed by atoms with Crippen molar-refractivity contribution in [1.29, 1.82) is 0 Å². The number of ether oxygens (including phenoxy) is 1. The quantitative estimate of drug-likeness (QED) is 0.531. The number of aryl methyl sites for hydroxylation is 1. The molecule has 0 aromatic heterocycles. The Morgan fingerprint density at radius 2 is 1.91 bits per heavy atom. The van der Waals surface area contributed by atoms with Crippen molar-refractivity contribution in [2.24, 2.45) is 4.99 Å². The molecule has 2 heterocycles. The average Bonchev–Trinajstić information content (AvgIpc) is 3.23. The van der Waals surface area contributed by atoms with E-state index in [0.29, 0.717) is 5.69 Å². The van der Waals surface area contributed by atoms with Gasteiger partial charge in [-0.3, -0.25) is 4.99 Å². The van der Waals surface area contributed by atoms with Crippen LogP contribution in [-0.2, 0) is 0 Å². The van der Waals surface area contributed by atoms with Crippen molar-refractivity contribution >= 4 is 41.2 Å². The number of carbonyl (C=O) groups is 1. The minimum Gasteiger partial charge on any atom is -0.478 e. The fourth-order valence-electron chi connectivity index (χ4n) is 4.46. The fraction of sp³-hybridized carbons (Fsp3) is 0.111. The molecule has 3 aromatic carbocycles. The highest BCUT2D eigenvalue weighted by Gasteiger charge is 2.33. The summed E-state index contributed by atoms with van der Waals surface area (Å²) < 4.78 is 6.52. The first-order chi connectivity index (χ1) is 15.9. The summed E-state index contributed by atoms with van der Waals surface area (Å²) in [4.78, 5) is 16.2. The average molecular weight is 434 g/mol. The summed E-state index contributed by atoms with van der Waals surface area (Å²) in [5.41, 5.74) is 7.49. The number of fused-ring (bicyclic) bond motifs is 2. The van der Waals surface area contributed by atoms with Crippen molar-refractivity contribution in [3.8, 4) is 5.75 Å². The molecule has 0 spiro atoms. The Bertz CT molecular complexity index is 1360. The van der Waals surface area contributed by atoms with Crippen molar-refractivity contribution in [2.45, 2.75) is 19.9 Å². The molecule has 0 aliphatic carbocycles. The number of aliphatic imine (C=N–C) groups is 1. The van der Waals surface area contributed by atoms with Crippen LogP contribution in [0.4, 0.5) is 11.4 Å². The van der Waals surface area contributed by atoms with Gasteiger partial charge in [-0.25, -0.2) is 4.79 Å². The second-order valence-corrected chi connectivity index (χ2v) is 8.44. The summed E-state index contributed by atoms with van der Waals surface area (Å²) in [6.07, 6.45) is 3.90. The van der Waals surface area contributed by atoms with Crippen LogP contribution in [0, 0.1) is 6.92 Å². The lowest BCUT2D eigenvalue weighted by Gasteiger charge is -2.28. The summed E-state index contributed by atoms with van der Waals surface area (Å²) in [5, 5.41) is 12.9. The highest BCUT2D eigenvalue weighted by atomic mass is 16.5. The summed E-state index contributed by atoms with van der Waals surface area (Å²) in [6, 6.07) is 18.9. The van der Waals surface area contributed by atoms with E-state index in [-0.39, 0.29) is 18.3 Å². The Hall–Kier alpha value is -4.06. The van der Waals surface area contributed by atoms with Crippen LogP contribution < -0.4 is 15.5 Å². The molecule has 2 N–H and O–H groups in total. The van der Waals surface area contributed by atoms with Gasteiger partial charge in [-0.2, -0.15) is 0 Å². The Labute approximate surface area is 193 Å². The second-order valence-electron chi connectivity index (χ2n) is 8.44. The zero-order valence-electron chi connectivity index (χ0n) is 18.5. The fourth-order valence-corrected chi connectivity index (χ4v) is 4.46. The van der Waals surface area contributed by atoms with Crippen molar-refractivity contribution in [3.63, 3.8) is 0 Å². The number of hydrogen-bond donors (Lipinski definition) is 2. The first-order valence-corrected chi connectivity index (χ1v) is 10.9. The van der Waals surface area contributed by atoms with Gasteiger partial charge in [-0.05, 0) is 66.9 Å². The highest BCUT2D eigenvalue weighted by molar-refractivity contribution is 7.02. The molecule has 1 unspecified atom stereocenters. The molecule has 6 heteroatoms. The molecule has 2 aliphatic heterocycles. The monoisotopic (exact) mass is 434 g/mol. The normalized spacial score (nSPS) is 14.8. The number of nitrogens with zero attached hydrogens (tertiary/aromatic N) is 1. The van der Waals surface area contributed by atoms with Gasteiger partial charge in [-0.15, -0.1) is 0 Å². The number of allylic oxidation sites excluding steroid dienone is 2. The number of nitrogens with one attached hydrogen (secondary N) is 1. The number of hydrogen-bond acceptors (Lipinski definition) is 4. The minimum atomic E-state index is -0.967. The van der Waals surface area contributed by atoms with Crippen LogP contribution >= 0.6 is 0 Å². The van der Waals surface area contributed by atoms with E-state index in [0.717, 1.165) is 44.8 Å². The number of benzene rings is 3. The summed E-state index contributed by atoms with van der Waals surface area (Å²) in [5.74, 6) is -0.223. The van der Waals surface area contributed by atoms with Gasteiger partial charge in [0, 0.05) is 16.8 Å². The van der Waals surface area contributed by atoms with E-state index in [4.69, 9.17) is 4.74 Å². The van der Waals surface area contributed by atoms with E-state index in [1.807, 2.05) is 50.3 Å². The number of anilines is 1. The Balaban J connectivity index is 1.52. The maximum absolute atomic E-state index is 11.7. The van der Waals surface area contributed by atoms with Crippen LogP contribution in [-0.4, -0.2) is 23.9 Å². The van der Waals surface area contributed by atoms with Crippen LogP contribution in [0.15, 0.2) is 84.0 Å². The Morgan fingerprint density at radius 1 is 1.15 bits per heavy atom. The molecular weight excluding hydrogens is 411 g/mol. The lowest BCUT2D eigenvalue weighted by molar-refractivity contribution is 0.0698. The van der Waals surface area contributed by atoms with E-state index < -0.39 is 5.97 Å². The first-order valence-electron chi connectivity index (χ1n) is 10.9. The lowest BCUT2D eigenvalue weighted by Crippen LogP contribution is -2.35. The molecule has 1 atom stereocenters. The minimum absolute atomic E-state index is 0.0729. The van der Waals surface area contributed by atoms with Gasteiger partial charge in [0.15, 0.2) is 0 Å². The third-order valence-electron chi connectivity index (χ3n) is 6.08. The molecular formula is C27H23BN2O3. The van der Waals surface area contributed by atoms with E-state index >= 15 is 0 Å². The number of para-hydroxylation sites is 2. The topological polar surface area (TPSA) is 70.9 Å². The smallest absolute Gasteiger partial charge is 0.337 e. The SMILES string of the molecule is C=C1C=C(B2C=Nc3ccccc32)Oc2c1cc(C)cc2C(C)Nc1ccccc1C(=O)O. The maximum atomic E-state index is 11.7. The van der Waals surface area contributed by atoms with E-state index in [1.54, 1.807) is 18.2 Å².